The maximum Gasteiger partial charge on any atom is 0.0940 e. The van der Waals surface area contributed by atoms with Crippen molar-refractivity contribution in [1.82, 2.24) is 9.78 Å². The second kappa shape index (κ2) is 5.81. The molecule has 0 amide bonds. The molecule has 2 rings (SSSR count). The minimum absolute atomic E-state index is 0.403. The van der Waals surface area contributed by atoms with E-state index in [9.17, 15) is 5.11 Å². The van der Waals surface area contributed by atoms with E-state index in [-0.39, 0.29) is 0 Å². The van der Waals surface area contributed by atoms with Gasteiger partial charge in [-0.25, -0.2) is 0 Å². The quantitative estimate of drug-likeness (QED) is 0.905. The molecule has 0 bridgehead atoms. The number of nitrogens with zero attached hydrogens (tertiary/aromatic N) is 2. The molecule has 1 aliphatic rings. The van der Waals surface area contributed by atoms with Gasteiger partial charge in [0.25, 0.3) is 0 Å². The summed E-state index contributed by atoms with van der Waals surface area (Å²) < 4.78 is 7.40. The van der Waals surface area contributed by atoms with E-state index in [0.29, 0.717) is 11.4 Å². The van der Waals surface area contributed by atoms with E-state index < -0.39 is 11.7 Å². The van der Waals surface area contributed by atoms with Crippen molar-refractivity contribution in [2.75, 3.05) is 7.11 Å². The van der Waals surface area contributed by atoms with Crippen molar-refractivity contribution in [3.05, 3.63) is 16.4 Å². The first-order valence-electron chi connectivity index (χ1n) is 6.97. The molecule has 0 aromatic carbocycles. The van der Waals surface area contributed by atoms with Crippen LogP contribution in [0.25, 0.3) is 0 Å². The summed E-state index contributed by atoms with van der Waals surface area (Å²) in [4.78, 5) is 0. The van der Waals surface area contributed by atoms with Crippen LogP contribution in [0.1, 0.15) is 44.0 Å². The number of aliphatic hydroxyl groups excluding tert-OH is 1. The number of ether oxygens (including phenoxy) is 1. The summed E-state index contributed by atoms with van der Waals surface area (Å²) in [6.07, 6.45) is 4.84. The van der Waals surface area contributed by atoms with Gasteiger partial charge in [-0.15, -0.1) is 0 Å². The van der Waals surface area contributed by atoms with Crippen LogP contribution in [-0.2, 0) is 24.6 Å². The molecule has 1 atom stereocenters. The SMILES string of the molecule is CCc1nn(C)c(CC(O)C2(OC)CCCC2)c1Cl. The van der Waals surface area contributed by atoms with Crippen molar-refractivity contribution < 1.29 is 9.84 Å². The van der Waals surface area contributed by atoms with Gasteiger partial charge < -0.3 is 9.84 Å². The van der Waals surface area contributed by atoms with Crippen LogP contribution in [0.4, 0.5) is 0 Å². The average Bonchev–Trinajstić information content (AvgIpc) is 2.99. The molecule has 1 fully saturated rings. The van der Waals surface area contributed by atoms with Gasteiger partial charge in [-0.1, -0.05) is 31.4 Å². The molecule has 1 unspecified atom stereocenters. The number of aryl methyl sites for hydroxylation is 2. The van der Waals surface area contributed by atoms with Crippen LogP contribution in [0.2, 0.25) is 5.02 Å². The van der Waals surface area contributed by atoms with Gasteiger partial charge in [-0.3, -0.25) is 4.68 Å². The Morgan fingerprint density at radius 1 is 1.47 bits per heavy atom. The van der Waals surface area contributed by atoms with Gasteiger partial charge >= 0.3 is 0 Å². The number of hydrogen-bond acceptors (Lipinski definition) is 3. The van der Waals surface area contributed by atoms with Gasteiger partial charge in [0.2, 0.25) is 0 Å². The molecule has 0 spiro atoms. The van der Waals surface area contributed by atoms with Crippen LogP contribution in [0.3, 0.4) is 0 Å². The Bertz CT molecular complexity index is 439. The first kappa shape index (κ1) is 14.8. The van der Waals surface area contributed by atoms with Gasteiger partial charge in [0.05, 0.1) is 28.1 Å². The molecule has 1 saturated carbocycles. The molecule has 0 saturated heterocycles. The van der Waals surface area contributed by atoms with Crippen LogP contribution in [0.5, 0.6) is 0 Å². The van der Waals surface area contributed by atoms with Crippen LogP contribution in [0.15, 0.2) is 0 Å². The molecule has 1 N–H and O–H groups in total. The molecular weight excluding hydrogens is 264 g/mol. The molecule has 4 nitrogen and oxygen atoms in total. The van der Waals surface area contributed by atoms with Crippen molar-refractivity contribution in [1.29, 1.82) is 0 Å². The Morgan fingerprint density at radius 3 is 2.58 bits per heavy atom. The van der Waals surface area contributed by atoms with Gasteiger partial charge in [-0.05, 0) is 19.3 Å². The minimum Gasteiger partial charge on any atom is -0.390 e. The fourth-order valence-corrected chi connectivity index (χ4v) is 3.43. The smallest absolute Gasteiger partial charge is 0.0940 e. The fraction of sp³-hybridized carbons (Fsp3) is 0.786. The Labute approximate surface area is 119 Å². The van der Waals surface area contributed by atoms with Gasteiger partial charge in [0, 0.05) is 20.6 Å². The van der Waals surface area contributed by atoms with Crippen molar-refractivity contribution in [2.45, 2.75) is 57.2 Å². The Morgan fingerprint density at radius 2 is 2.11 bits per heavy atom. The van der Waals surface area contributed by atoms with Crippen molar-refractivity contribution in [2.24, 2.45) is 7.05 Å². The van der Waals surface area contributed by atoms with Gasteiger partial charge in [0.1, 0.15) is 0 Å². The summed E-state index contributed by atoms with van der Waals surface area (Å²) in [5.41, 5.74) is 1.39. The van der Waals surface area contributed by atoms with Crippen molar-refractivity contribution in [3.8, 4) is 0 Å². The standard InChI is InChI=1S/C14H23ClN2O2/c1-4-10-13(15)11(17(2)16-10)9-12(18)14(19-3)7-5-6-8-14/h12,18H,4-9H2,1-3H3. The van der Waals surface area contributed by atoms with Crippen LogP contribution in [0, 0.1) is 0 Å². The summed E-state index contributed by atoms with van der Waals surface area (Å²) in [7, 11) is 3.57. The van der Waals surface area contributed by atoms with Crippen LogP contribution in [-0.4, -0.2) is 33.7 Å². The maximum absolute atomic E-state index is 10.6. The summed E-state index contributed by atoms with van der Waals surface area (Å²) >= 11 is 6.33. The lowest BCUT2D eigenvalue weighted by molar-refractivity contribution is -0.0976. The highest BCUT2D eigenvalue weighted by Crippen LogP contribution is 2.37. The summed E-state index contributed by atoms with van der Waals surface area (Å²) in [5, 5.41) is 15.6. The molecule has 1 heterocycles. The number of aromatic nitrogens is 2. The molecule has 0 radical (unpaired) electrons. The molecule has 0 aliphatic heterocycles. The second-order valence-corrected chi connectivity index (χ2v) is 5.76. The molecule has 19 heavy (non-hydrogen) atoms. The van der Waals surface area contributed by atoms with E-state index in [2.05, 4.69) is 5.10 Å². The van der Waals surface area contributed by atoms with E-state index in [1.54, 1.807) is 11.8 Å². The number of rotatable bonds is 5. The molecule has 5 heteroatoms. The Balaban J connectivity index is 2.18. The predicted octanol–water partition coefficient (Wildman–Crippen LogP) is 2.50. The molecule has 1 aromatic rings. The van der Waals surface area contributed by atoms with E-state index in [4.69, 9.17) is 16.3 Å². The molecule has 1 aromatic heterocycles. The van der Waals surface area contributed by atoms with Crippen LogP contribution >= 0.6 is 11.6 Å². The Kier molecular flexibility index (Phi) is 4.54. The number of hydrogen-bond donors (Lipinski definition) is 1. The summed E-state index contributed by atoms with van der Waals surface area (Å²) in [6.45, 7) is 2.03. The lowest BCUT2D eigenvalue weighted by atomic mass is 9.91. The van der Waals surface area contributed by atoms with E-state index in [0.717, 1.165) is 43.5 Å². The van der Waals surface area contributed by atoms with Crippen molar-refractivity contribution >= 4 is 11.6 Å². The van der Waals surface area contributed by atoms with E-state index >= 15 is 0 Å². The third-order valence-electron chi connectivity index (χ3n) is 4.35. The van der Waals surface area contributed by atoms with Gasteiger partial charge in [0.15, 0.2) is 0 Å². The lowest BCUT2D eigenvalue weighted by Gasteiger charge is -2.32. The first-order valence-corrected chi connectivity index (χ1v) is 7.35. The largest absolute Gasteiger partial charge is 0.390 e. The second-order valence-electron chi connectivity index (χ2n) is 5.38. The monoisotopic (exact) mass is 286 g/mol. The number of methoxy groups -OCH3 is 1. The summed E-state index contributed by atoms with van der Waals surface area (Å²) in [5.74, 6) is 0. The third kappa shape index (κ3) is 2.67. The molecular formula is C14H23ClN2O2. The zero-order valence-electron chi connectivity index (χ0n) is 11.9. The highest BCUT2D eigenvalue weighted by Gasteiger charge is 2.41. The van der Waals surface area contributed by atoms with Gasteiger partial charge in [-0.2, -0.15) is 5.10 Å². The first-order chi connectivity index (χ1) is 9.04. The average molecular weight is 287 g/mol. The van der Waals surface area contributed by atoms with E-state index in [1.165, 1.54) is 0 Å². The van der Waals surface area contributed by atoms with E-state index in [1.807, 2.05) is 14.0 Å². The zero-order chi connectivity index (χ0) is 14.0. The van der Waals surface area contributed by atoms with Crippen LogP contribution < -0.4 is 0 Å². The summed E-state index contributed by atoms with van der Waals surface area (Å²) in [6, 6.07) is 0. The minimum atomic E-state index is -0.530. The third-order valence-corrected chi connectivity index (χ3v) is 4.79. The predicted molar refractivity (Wildman–Crippen MR) is 75.5 cm³/mol. The topological polar surface area (TPSA) is 47.3 Å². The number of aliphatic hydroxyl groups is 1. The zero-order valence-corrected chi connectivity index (χ0v) is 12.7. The maximum atomic E-state index is 10.6. The lowest BCUT2D eigenvalue weighted by Crippen LogP contribution is -2.43. The highest BCUT2D eigenvalue weighted by atomic mass is 35.5. The fourth-order valence-electron chi connectivity index (χ4n) is 3.06. The van der Waals surface area contributed by atoms with Crippen molar-refractivity contribution in [3.63, 3.8) is 0 Å². The Hall–Kier alpha value is -0.580. The molecule has 1 aliphatic carbocycles. The number of halogens is 1. The highest BCUT2D eigenvalue weighted by molar-refractivity contribution is 6.31. The molecule has 108 valence electrons. The normalized spacial score (nSPS) is 19.8.